The van der Waals surface area contributed by atoms with Gasteiger partial charge in [0.25, 0.3) is 5.89 Å². The Labute approximate surface area is 174 Å². The molecule has 1 N–H and O–H groups in total. The third kappa shape index (κ3) is 4.18. The zero-order valence-electron chi connectivity index (χ0n) is 16.6. The van der Waals surface area contributed by atoms with Crippen molar-refractivity contribution in [3.8, 4) is 5.75 Å². The lowest BCUT2D eigenvalue weighted by Crippen LogP contribution is -2.53. The van der Waals surface area contributed by atoms with Crippen LogP contribution in [-0.4, -0.2) is 49.0 Å². The highest BCUT2D eigenvalue weighted by Crippen LogP contribution is 2.35. The Kier molecular flexibility index (Phi) is 5.65. The van der Waals surface area contributed by atoms with Crippen molar-refractivity contribution in [2.45, 2.75) is 38.1 Å². The van der Waals surface area contributed by atoms with Crippen molar-refractivity contribution in [1.82, 2.24) is 15.5 Å². The predicted molar refractivity (Wildman–Crippen MR) is 107 cm³/mol. The predicted octanol–water partition coefficient (Wildman–Crippen LogP) is 2.87. The molecule has 0 radical (unpaired) electrons. The van der Waals surface area contributed by atoms with Crippen molar-refractivity contribution in [3.05, 3.63) is 34.9 Å². The highest BCUT2D eigenvalue weighted by molar-refractivity contribution is 6.31. The van der Waals surface area contributed by atoms with E-state index >= 15 is 0 Å². The summed E-state index contributed by atoms with van der Waals surface area (Å²) in [5.74, 6) is 1.84. The van der Waals surface area contributed by atoms with Crippen molar-refractivity contribution in [1.29, 1.82) is 0 Å². The Morgan fingerprint density at radius 2 is 2.10 bits per heavy atom. The summed E-state index contributed by atoms with van der Waals surface area (Å²) in [5, 5.41) is 7.85. The summed E-state index contributed by atoms with van der Waals surface area (Å²) in [6.45, 7) is 6.36. The number of nitrogens with one attached hydrogen (secondary N) is 1. The molecule has 9 heteroatoms. The van der Waals surface area contributed by atoms with Crippen molar-refractivity contribution in [3.63, 3.8) is 0 Å². The molecule has 0 aliphatic carbocycles. The zero-order valence-corrected chi connectivity index (χ0v) is 17.4. The van der Waals surface area contributed by atoms with E-state index < -0.39 is 5.54 Å². The van der Waals surface area contributed by atoms with Gasteiger partial charge in [-0.2, -0.15) is 4.98 Å². The first kappa shape index (κ1) is 20.0. The number of carbonyl (C=O) groups excluding carboxylic acids is 1. The summed E-state index contributed by atoms with van der Waals surface area (Å²) in [4.78, 5) is 19.6. The number of hydrogen-bond acceptors (Lipinski definition) is 7. The minimum atomic E-state index is -0.709. The second kappa shape index (κ2) is 8.20. The van der Waals surface area contributed by atoms with E-state index in [2.05, 4.69) is 15.5 Å². The van der Waals surface area contributed by atoms with E-state index in [9.17, 15) is 4.79 Å². The molecule has 1 aromatic heterocycles. The second-order valence-electron chi connectivity index (χ2n) is 7.74. The minimum absolute atomic E-state index is 0.121. The van der Waals surface area contributed by atoms with E-state index in [0.29, 0.717) is 55.9 Å². The number of anilines is 1. The van der Waals surface area contributed by atoms with Gasteiger partial charge in [0.05, 0.1) is 18.8 Å². The van der Waals surface area contributed by atoms with Gasteiger partial charge < -0.3 is 24.2 Å². The van der Waals surface area contributed by atoms with Gasteiger partial charge in [-0.25, -0.2) is 0 Å². The lowest BCUT2D eigenvalue weighted by molar-refractivity contribution is -0.123. The van der Waals surface area contributed by atoms with Crippen LogP contribution in [0.1, 0.15) is 44.3 Å². The Morgan fingerprint density at radius 3 is 2.83 bits per heavy atom. The summed E-state index contributed by atoms with van der Waals surface area (Å²) < 4.78 is 16.7. The first-order chi connectivity index (χ1) is 14.0. The van der Waals surface area contributed by atoms with E-state index in [1.54, 1.807) is 6.07 Å². The Balaban J connectivity index is 1.53. The van der Waals surface area contributed by atoms with E-state index in [-0.39, 0.29) is 18.4 Å². The molecular formula is C20H25ClN4O4. The SMILES string of the molecule is CC(C)c1noc(C2(NC(=O)CN3CCOc4ccc(Cl)cc43)CCOCC2)n1. The molecule has 8 nitrogen and oxygen atoms in total. The average Bonchev–Trinajstić information content (AvgIpc) is 3.20. The Bertz CT molecular complexity index is 879. The number of amides is 1. The highest BCUT2D eigenvalue weighted by atomic mass is 35.5. The van der Waals surface area contributed by atoms with Crippen LogP contribution in [-0.2, 0) is 15.1 Å². The van der Waals surface area contributed by atoms with Crippen LogP contribution in [0.25, 0.3) is 0 Å². The summed E-state index contributed by atoms with van der Waals surface area (Å²) in [6, 6.07) is 5.43. The van der Waals surface area contributed by atoms with Crippen LogP contribution in [0.5, 0.6) is 5.75 Å². The third-order valence-electron chi connectivity index (χ3n) is 5.31. The number of ether oxygens (including phenoxy) is 2. The summed E-state index contributed by atoms with van der Waals surface area (Å²) in [6.07, 6.45) is 1.17. The number of benzene rings is 1. The van der Waals surface area contributed by atoms with Crippen molar-refractivity contribution in [2.24, 2.45) is 0 Å². The first-order valence-corrected chi connectivity index (χ1v) is 10.2. The van der Waals surface area contributed by atoms with Crippen LogP contribution < -0.4 is 15.0 Å². The number of fused-ring (bicyclic) bond motifs is 1. The first-order valence-electron chi connectivity index (χ1n) is 9.87. The molecule has 3 heterocycles. The van der Waals surface area contributed by atoms with Gasteiger partial charge in [0.15, 0.2) is 5.82 Å². The molecule has 1 aromatic carbocycles. The van der Waals surface area contributed by atoms with E-state index in [1.165, 1.54) is 0 Å². The molecule has 1 fully saturated rings. The number of hydrogen-bond donors (Lipinski definition) is 1. The van der Waals surface area contributed by atoms with Gasteiger partial charge in [0.1, 0.15) is 17.9 Å². The van der Waals surface area contributed by atoms with E-state index in [0.717, 1.165) is 11.4 Å². The maximum atomic E-state index is 13.0. The summed E-state index contributed by atoms with van der Waals surface area (Å²) in [5.41, 5.74) is 0.110. The number of carbonyl (C=O) groups is 1. The number of rotatable bonds is 5. The van der Waals surface area contributed by atoms with Gasteiger partial charge in [-0.05, 0) is 18.2 Å². The lowest BCUT2D eigenvalue weighted by atomic mass is 9.89. The molecule has 29 heavy (non-hydrogen) atoms. The Hall–Kier alpha value is -2.32. The quantitative estimate of drug-likeness (QED) is 0.795. The van der Waals surface area contributed by atoms with Gasteiger partial charge >= 0.3 is 0 Å². The number of aromatic nitrogens is 2. The van der Waals surface area contributed by atoms with Gasteiger partial charge in [-0.3, -0.25) is 4.79 Å². The average molecular weight is 421 g/mol. The van der Waals surface area contributed by atoms with Gasteiger partial charge in [0, 0.05) is 37.0 Å². The fourth-order valence-corrected chi connectivity index (χ4v) is 3.83. The molecule has 2 aromatic rings. The Morgan fingerprint density at radius 1 is 1.31 bits per heavy atom. The lowest BCUT2D eigenvalue weighted by Gasteiger charge is -2.36. The van der Waals surface area contributed by atoms with Crippen molar-refractivity contribution >= 4 is 23.2 Å². The summed E-state index contributed by atoms with van der Waals surface area (Å²) >= 11 is 6.14. The van der Waals surface area contributed by atoms with Gasteiger partial charge in [0.2, 0.25) is 5.91 Å². The van der Waals surface area contributed by atoms with E-state index in [1.807, 2.05) is 30.9 Å². The van der Waals surface area contributed by atoms with Crippen molar-refractivity contribution < 1.29 is 18.8 Å². The smallest absolute Gasteiger partial charge is 0.252 e. The normalized spacial score (nSPS) is 18.3. The molecule has 0 unspecified atom stereocenters. The molecule has 1 amide bonds. The minimum Gasteiger partial charge on any atom is -0.490 e. The molecule has 4 rings (SSSR count). The molecule has 2 aliphatic rings. The fraction of sp³-hybridized carbons (Fsp3) is 0.550. The van der Waals surface area contributed by atoms with Crippen LogP contribution >= 0.6 is 11.6 Å². The molecule has 0 saturated carbocycles. The summed E-state index contributed by atoms with van der Waals surface area (Å²) in [7, 11) is 0. The molecule has 0 bridgehead atoms. The number of nitrogens with zero attached hydrogens (tertiary/aromatic N) is 3. The topological polar surface area (TPSA) is 89.7 Å². The fourth-order valence-electron chi connectivity index (χ4n) is 3.67. The highest BCUT2D eigenvalue weighted by Gasteiger charge is 2.41. The van der Waals surface area contributed by atoms with E-state index in [4.69, 9.17) is 25.6 Å². The zero-order chi connectivity index (χ0) is 20.4. The van der Waals surface area contributed by atoms with Crippen LogP contribution in [0.2, 0.25) is 5.02 Å². The van der Waals surface area contributed by atoms with Gasteiger partial charge in [-0.1, -0.05) is 30.6 Å². The van der Waals surface area contributed by atoms with Crippen LogP contribution in [0, 0.1) is 0 Å². The maximum Gasteiger partial charge on any atom is 0.252 e. The largest absolute Gasteiger partial charge is 0.490 e. The van der Waals surface area contributed by atoms with Crippen molar-refractivity contribution in [2.75, 3.05) is 37.8 Å². The molecule has 0 atom stereocenters. The van der Waals surface area contributed by atoms with Gasteiger partial charge in [-0.15, -0.1) is 0 Å². The standard InChI is InChI=1S/C20H25ClN4O4/c1-13(2)18-22-19(29-24-18)20(5-8-27-9-6-20)23-17(26)12-25-7-10-28-16-4-3-14(21)11-15(16)25/h3-4,11,13H,5-10,12H2,1-2H3,(H,23,26). The second-order valence-corrected chi connectivity index (χ2v) is 8.17. The maximum absolute atomic E-state index is 13.0. The molecule has 1 saturated heterocycles. The van der Waals surface area contributed by atoms with Crippen LogP contribution in [0.4, 0.5) is 5.69 Å². The molecular weight excluding hydrogens is 396 g/mol. The monoisotopic (exact) mass is 420 g/mol. The van der Waals surface area contributed by atoms with Crippen LogP contribution in [0.3, 0.4) is 0 Å². The number of halogens is 1. The molecule has 2 aliphatic heterocycles. The molecule has 0 spiro atoms. The van der Waals surface area contributed by atoms with Crippen LogP contribution in [0.15, 0.2) is 22.7 Å². The third-order valence-corrected chi connectivity index (χ3v) is 5.54. The molecule has 156 valence electrons.